The number of hydrogen-bond donors (Lipinski definition) is 2. The van der Waals surface area contributed by atoms with Crippen molar-refractivity contribution >= 4 is 0 Å². The fourth-order valence-electron chi connectivity index (χ4n) is 1.55. The summed E-state index contributed by atoms with van der Waals surface area (Å²) in [6.45, 7) is 2.80. The molecule has 0 bridgehead atoms. The van der Waals surface area contributed by atoms with Gasteiger partial charge in [0.1, 0.15) is 13.2 Å². The average molecular weight is 209 g/mol. The zero-order valence-electron chi connectivity index (χ0n) is 8.64. The van der Waals surface area contributed by atoms with Crippen molar-refractivity contribution in [1.29, 1.82) is 0 Å². The van der Waals surface area contributed by atoms with Crippen molar-refractivity contribution in [3.05, 3.63) is 23.8 Å². The van der Waals surface area contributed by atoms with E-state index in [9.17, 15) is 5.11 Å². The van der Waals surface area contributed by atoms with Crippen molar-refractivity contribution in [2.24, 2.45) is 5.73 Å². The number of ether oxygens (including phenoxy) is 2. The topological polar surface area (TPSA) is 64.7 Å². The summed E-state index contributed by atoms with van der Waals surface area (Å²) in [6, 6.07) is 5.11. The molecule has 2 rings (SSSR count). The molecule has 1 heterocycles. The molecule has 2 atom stereocenters. The number of aliphatic hydroxyl groups excluding tert-OH is 1. The summed E-state index contributed by atoms with van der Waals surface area (Å²) in [4.78, 5) is 0. The van der Waals surface area contributed by atoms with Gasteiger partial charge in [0.05, 0.1) is 12.1 Å². The molecule has 3 N–H and O–H groups in total. The highest BCUT2D eigenvalue weighted by Crippen LogP contribution is 2.32. The number of aliphatic hydroxyl groups is 1. The highest BCUT2D eigenvalue weighted by atomic mass is 16.6. The van der Waals surface area contributed by atoms with E-state index in [1.54, 1.807) is 6.92 Å². The Kier molecular flexibility index (Phi) is 2.79. The van der Waals surface area contributed by atoms with Crippen molar-refractivity contribution in [2.75, 3.05) is 13.2 Å². The molecule has 0 aliphatic carbocycles. The van der Waals surface area contributed by atoms with Gasteiger partial charge >= 0.3 is 0 Å². The molecule has 4 heteroatoms. The third-order valence-electron chi connectivity index (χ3n) is 2.47. The molecule has 1 aliphatic rings. The molecule has 0 aromatic heterocycles. The van der Waals surface area contributed by atoms with Gasteiger partial charge in [-0.1, -0.05) is 6.07 Å². The smallest absolute Gasteiger partial charge is 0.161 e. The molecular formula is C11H15NO3. The van der Waals surface area contributed by atoms with E-state index in [2.05, 4.69) is 0 Å². The van der Waals surface area contributed by atoms with Crippen LogP contribution in [0.15, 0.2) is 18.2 Å². The lowest BCUT2D eigenvalue weighted by Crippen LogP contribution is -2.23. The molecule has 82 valence electrons. The predicted molar refractivity (Wildman–Crippen MR) is 56.0 cm³/mol. The summed E-state index contributed by atoms with van der Waals surface area (Å²) in [5.41, 5.74) is 6.68. The number of rotatable bonds is 2. The van der Waals surface area contributed by atoms with Crippen LogP contribution in [0.5, 0.6) is 11.5 Å². The molecule has 0 saturated carbocycles. The number of fused-ring (bicyclic) bond motifs is 1. The van der Waals surface area contributed by atoms with Gasteiger partial charge in [0.25, 0.3) is 0 Å². The summed E-state index contributed by atoms with van der Waals surface area (Å²) >= 11 is 0. The van der Waals surface area contributed by atoms with Gasteiger partial charge < -0.3 is 20.3 Å². The standard InChI is InChI=1S/C11H15NO3/c1-7(13)11(12)8-2-3-9-10(6-8)15-5-4-14-9/h2-3,6-7,11,13H,4-5,12H2,1H3/t7-,11-/m1/s1. The number of nitrogens with two attached hydrogens (primary N) is 1. The van der Waals surface area contributed by atoms with Gasteiger partial charge in [-0.05, 0) is 24.6 Å². The quantitative estimate of drug-likeness (QED) is 0.757. The Labute approximate surface area is 88.6 Å². The highest BCUT2D eigenvalue weighted by molar-refractivity contribution is 5.44. The minimum Gasteiger partial charge on any atom is -0.486 e. The SMILES string of the molecule is C[C@@H](O)[C@@H](N)c1ccc2c(c1)OCCO2. The zero-order chi connectivity index (χ0) is 10.8. The highest BCUT2D eigenvalue weighted by Gasteiger charge is 2.17. The molecule has 0 saturated heterocycles. The van der Waals surface area contributed by atoms with Crippen molar-refractivity contribution in [1.82, 2.24) is 0 Å². The minimum absolute atomic E-state index is 0.388. The lowest BCUT2D eigenvalue weighted by atomic mass is 10.0. The van der Waals surface area contributed by atoms with E-state index >= 15 is 0 Å². The van der Waals surface area contributed by atoms with Crippen LogP contribution in [0, 0.1) is 0 Å². The van der Waals surface area contributed by atoms with Gasteiger partial charge in [-0.25, -0.2) is 0 Å². The first-order chi connectivity index (χ1) is 7.18. The van der Waals surface area contributed by atoms with E-state index in [-0.39, 0.29) is 6.04 Å². The first-order valence-corrected chi connectivity index (χ1v) is 5.01. The van der Waals surface area contributed by atoms with Crippen LogP contribution in [-0.2, 0) is 0 Å². The van der Waals surface area contributed by atoms with Crippen molar-refractivity contribution in [2.45, 2.75) is 19.1 Å². The maximum absolute atomic E-state index is 9.38. The summed E-state index contributed by atoms with van der Waals surface area (Å²) in [5, 5.41) is 9.38. The van der Waals surface area contributed by atoms with Crippen LogP contribution in [0.1, 0.15) is 18.5 Å². The normalized spacial score (nSPS) is 18.3. The second-order valence-electron chi connectivity index (χ2n) is 3.67. The van der Waals surface area contributed by atoms with E-state index in [1.807, 2.05) is 18.2 Å². The van der Waals surface area contributed by atoms with Crippen LogP contribution < -0.4 is 15.2 Å². The second kappa shape index (κ2) is 4.08. The largest absolute Gasteiger partial charge is 0.486 e. The van der Waals surface area contributed by atoms with E-state index in [0.29, 0.717) is 19.0 Å². The van der Waals surface area contributed by atoms with E-state index in [0.717, 1.165) is 11.3 Å². The molecule has 1 aromatic carbocycles. The lowest BCUT2D eigenvalue weighted by molar-refractivity contribution is 0.161. The Morgan fingerprint density at radius 1 is 1.27 bits per heavy atom. The maximum Gasteiger partial charge on any atom is 0.161 e. The molecule has 15 heavy (non-hydrogen) atoms. The van der Waals surface area contributed by atoms with Crippen LogP contribution >= 0.6 is 0 Å². The van der Waals surface area contributed by atoms with Crippen molar-refractivity contribution in [3.8, 4) is 11.5 Å². The summed E-state index contributed by atoms with van der Waals surface area (Å²) in [6.07, 6.45) is -0.576. The van der Waals surface area contributed by atoms with E-state index in [1.165, 1.54) is 0 Å². The Balaban J connectivity index is 2.27. The van der Waals surface area contributed by atoms with Gasteiger partial charge in [0.15, 0.2) is 11.5 Å². The molecule has 0 radical (unpaired) electrons. The van der Waals surface area contributed by atoms with Crippen LogP contribution in [-0.4, -0.2) is 24.4 Å². The summed E-state index contributed by atoms with van der Waals surface area (Å²) in [7, 11) is 0. The molecule has 0 fully saturated rings. The number of hydrogen-bond acceptors (Lipinski definition) is 4. The zero-order valence-corrected chi connectivity index (χ0v) is 8.64. The molecule has 1 aromatic rings. The average Bonchev–Trinajstić information content (AvgIpc) is 2.27. The van der Waals surface area contributed by atoms with Crippen LogP contribution in [0.3, 0.4) is 0 Å². The third-order valence-corrected chi connectivity index (χ3v) is 2.47. The van der Waals surface area contributed by atoms with E-state index < -0.39 is 6.10 Å². The Morgan fingerprint density at radius 3 is 2.60 bits per heavy atom. The molecule has 4 nitrogen and oxygen atoms in total. The van der Waals surface area contributed by atoms with Gasteiger partial charge in [-0.3, -0.25) is 0 Å². The van der Waals surface area contributed by atoms with Gasteiger partial charge in [-0.2, -0.15) is 0 Å². The van der Waals surface area contributed by atoms with E-state index in [4.69, 9.17) is 15.2 Å². The number of benzene rings is 1. The molecule has 0 unspecified atom stereocenters. The van der Waals surface area contributed by atoms with Gasteiger partial charge in [-0.15, -0.1) is 0 Å². The predicted octanol–water partition coefficient (Wildman–Crippen LogP) is 0.838. The third kappa shape index (κ3) is 2.06. The monoisotopic (exact) mass is 209 g/mol. The van der Waals surface area contributed by atoms with Gasteiger partial charge in [0.2, 0.25) is 0 Å². The maximum atomic E-state index is 9.38. The molecule has 0 spiro atoms. The Morgan fingerprint density at radius 2 is 1.93 bits per heavy atom. The minimum atomic E-state index is -0.576. The summed E-state index contributed by atoms with van der Waals surface area (Å²) in [5.74, 6) is 1.44. The molecular weight excluding hydrogens is 194 g/mol. The van der Waals surface area contributed by atoms with Crippen molar-refractivity contribution in [3.63, 3.8) is 0 Å². The van der Waals surface area contributed by atoms with Crippen LogP contribution in [0.4, 0.5) is 0 Å². The van der Waals surface area contributed by atoms with Gasteiger partial charge in [0, 0.05) is 0 Å². The Hall–Kier alpha value is -1.26. The fraction of sp³-hybridized carbons (Fsp3) is 0.455. The van der Waals surface area contributed by atoms with Crippen LogP contribution in [0.25, 0.3) is 0 Å². The Bertz CT molecular complexity index is 352. The van der Waals surface area contributed by atoms with Crippen LogP contribution in [0.2, 0.25) is 0 Å². The first-order valence-electron chi connectivity index (χ1n) is 5.01. The second-order valence-corrected chi connectivity index (χ2v) is 3.67. The summed E-state index contributed by atoms with van der Waals surface area (Å²) < 4.78 is 10.8. The lowest BCUT2D eigenvalue weighted by Gasteiger charge is -2.21. The molecule has 1 aliphatic heterocycles. The first kappa shape index (κ1) is 10.3. The fourth-order valence-corrected chi connectivity index (χ4v) is 1.55. The van der Waals surface area contributed by atoms with Crippen molar-refractivity contribution < 1.29 is 14.6 Å². The molecule has 0 amide bonds.